The highest BCUT2D eigenvalue weighted by atomic mass is 16.7. The molecule has 6 rings (SSSR count). The molecular weight excluding hydrogens is 598 g/mol. The van der Waals surface area contributed by atoms with Crippen molar-refractivity contribution in [3.63, 3.8) is 0 Å². The molecule has 248 valence electrons. The number of aryl methyl sites for hydroxylation is 1. The van der Waals surface area contributed by atoms with Crippen LogP contribution in [0.5, 0.6) is 5.75 Å². The molecule has 0 spiro atoms. The smallest absolute Gasteiger partial charge is 0.247 e. The molecule has 47 heavy (non-hydrogen) atoms. The van der Waals surface area contributed by atoms with E-state index >= 15 is 0 Å². The second-order valence-electron chi connectivity index (χ2n) is 12.1. The number of hydrogen-bond donors (Lipinski definition) is 2. The Labute approximate surface area is 275 Å². The number of nitrogens with zero attached hydrogens (tertiary/aromatic N) is 7. The van der Waals surface area contributed by atoms with Gasteiger partial charge in [-0.15, -0.1) is 0 Å². The maximum Gasteiger partial charge on any atom is 0.247 e. The van der Waals surface area contributed by atoms with Crippen LogP contribution in [0.1, 0.15) is 43.5 Å². The van der Waals surface area contributed by atoms with Gasteiger partial charge in [0.05, 0.1) is 36.8 Å². The van der Waals surface area contributed by atoms with Crippen LogP contribution in [0.25, 0.3) is 0 Å². The van der Waals surface area contributed by atoms with Gasteiger partial charge in [0, 0.05) is 82.7 Å². The molecule has 3 fully saturated rings. The first-order chi connectivity index (χ1) is 22.8. The molecule has 0 aliphatic carbocycles. The van der Waals surface area contributed by atoms with E-state index in [4.69, 9.17) is 9.57 Å². The molecule has 3 aliphatic heterocycles. The number of aromatic nitrogens is 3. The Hall–Kier alpha value is -4.75. The highest BCUT2D eigenvalue weighted by molar-refractivity contribution is 6.02. The summed E-state index contributed by atoms with van der Waals surface area (Å²) in [6.45, 7) is 12.8. The Kier molecular flexibility index (Phi) is 9.83. The molecule has 0 bridgehead atoms. The van der Waals surface area contributed by atoms with Crippen LogP contribution >= 0.6 is 0 Å². The van der Waals surface area contributed by atoms with Gasteiger partial charge in [-0.05, 0) is 43.5 Å². The van der Waals surface area contributed by atoms with Gasteiger partial charge in [0.2, 0.25) is 11.8 Å². The van der Waals surface area contributed by atoms with Crippen LogP contribution in [-0.4, -0.2) is 95.6 Å². The van der Waals surface area contributed by atoms with E-state index in [1.807, 2.05) is 47.3 Å². The molecular formula is C34H43N9O4. The average molecular weight is 642 g/mol. The molecule has 2 amide bonds. The Morgan fingerprint density at radius 2 is 1.79 bits per heavy atom. The predicted octanol–water partition coefficient (Wildman–Crippen LogP) is 4.07. The predicted molar refractivity (Wildman–Crippen MR) is 181 cm³/mol. The summed E-state index contributed by atoms with van der Waals surface area (Å²) in [7, 11) is 1.63. The van der Waals surface area contributed by atoms with Crippen molar-refractivity contribution in [2.24, 2.45) is 0 Å². The monoisotopic (exact) mass is 641 g/mol. The molecule has 1 atom stereocenters. The highest BCUT2D eigenvalue weighted by Gasteiger charge is 2.31. The van der Waals surface area contributed by atoms with Gasteiger partial charge in [0.15, 0.2) is 5.82 Å². The largest absolute Gasteiger partial charge is 0.494 e. The molecule has 2 aromatic heterocycles. The first-order valence-electron chi connectivity index (χ1n) is 16.2. The Morgan fingerprint density at radius 3 is 2.47 bits per heavy atom. The van der Waals surface area contributed by atoms with Gasteiger partial charge in [-0.25, -0.2) is 15.0 Å². The lowest BCUT2D eigenvalue weighted by Gasteiger charge is -2.43. The molecule has 1 aromatic carbocycles. The third-order valence-electron chi connectivity index (χ3n) is 9.21. The fraction of sp³-hybridized carbons (Fsp3) is 0.441. The standard InChI is InChI=1S/C34H43N9O4/c1-5-34(45)39-27-18-28(38-32-20-33(37-22-36-32)43-29(10-17-47-43)25-7-6-23(2)35-21-25)31(46-4)19-30(27)42-11-8-26(9-12-42)41-15-13-40(14-16-41)24(3)44/h5-7,18-22,26,29H,1,8-17H2,2-4H3,(H,39,45)(H,36,37,38)/t29-/m1/s1. The van der Waals surface area contributed by atoms with Gasteiger partial charge in [-0.1, -0.05) is 12.6 Å². The molecule has 3 saturated heterocycles. The summed E-state index contributed by atoms with van der Waals surface area (Å²) < 4.78 is 5.85. The topological polar surface area (TPSA) is 128 Å². The lowest BCUT2D eigenvalue weighted by molar-refractivity contribution is -0.131. The van der Waals surface area contributed by atoms with Crippen LogP contribution in [0.4, 0.5) is 28.7 Å². The first-order valence-corrected chi connectivity index (χ1v) is 16.2. The fourth-order valence-corrected chi connectivity index (χ4v) is 6.60. The lowest BCUT2D eigenvalue weighted by Crippen LogP contribution is -2.54. The van der Waals surface area contributed by atoms with E-state index in [2.05, 4.69) is 48.0 Å². The maximum absolute atomic E-state index is 12.6. The average Bonchev–Trinajstić information content (AvgIpc) is 3.59. The molecule has 0 saturated carbocycles. The van der Waals surface area contributed by atoms with Crippen LogP contribution in [-0.2, 0) is 14.4 Å². The van der Waals surface area contributed by atoms with Crippen molar-refractivity contribution in [1.29, 1.82) is 0 Å². The van der Waals surface area contributed by atoms with E-state index in [1.54, 1.807) is 14.0 Å². The number of rotatable bonds is 9. The summed E-state index contributed by atoms with van der Waals surface area (Å²) in [5.74, 6) is 1.62. The van der Waals surface area contributed by atoms with Gasteiger partial charge in [-0.2, -0.15) is 0 Å². The third-order valence-corrected chi connectivity index (χ3v) is 9.21. The number of ether oxygens (including phenoxy) is 1. The van der Waals surface area contributed by atoms with E-state index in [0.29, 0.717) is 41.4 Å². The summed E-state index contributed by atoms with van der Waals surface area (Å²) in [6, 6.07) is 10.2. The second kappa shape index (κ2) is 14.3. The van der Waals surface area contributed by atoms with E-state index in [1.165, 1.54) is 12.4 Å². The van der Waals surface area contributed by atoms with E-state index in [9.17, 15) is 9.59 Å². The number of piperazine rings is 1. The van der Waals surface area contributed by atoms with E-state index in [-0.39, 0.29) is 17.9 Å². The van der Waals surface area contributed by atoms with Crippen molar-refractivity contribution in [3.05, 3.63) is 66.8 Å². The van der Waals surface area contributed by atoms with Crippen molar-refractivity contribution < 1.29 is 19.2 Å². The molecule has 5 heterocycles. The highest BCUT2D eigenvalue weighted by Crippen LogP contribution is 2.40. The number of benzene rings is 1. The molecule has 0 unspecified atom stereocenters. The normalized spacial score (nSPS) is 19.0. The van der Waals surface area contributed by atoms with Crippen LogP contribution in [0, 0.1) is 6.92 Å². The Bertz CT molecular complexity index is 1580. The number of anilines is 5. The van der Waals surface area contributed by atoms with E-state index < -0.39 is 0 Å². The minimum atomic E-state index is -0.298. The molecule has 13 nitrogen and oxygen atoms in total. The summed E-state index contributed by atoms with van der Waals surface area (Å²) >= 11 is 0. The quantitative estimate of drug-likeness (QED) is 0.328. The minimum absolute atomic E-state index is 0.0188. The molecule has 3 aromatic rings. The van der Waals surface area contributed by atoms with Gasteiger partial charge in [0.1, 0.15) is 17.9 Å². The number of amides is 2. The van der Waals surface area contributed by atoms with Crippen molar-refractivity contribution in [3.8, 4) is 5.75 Å². The summed E-state index contributed by atoms with van der Waals surface area (Å²) in [6.07, 6.45) is 7.42. The Balaban J connectivity index is 1.20. The van der Waals surface area contributed by atoms with E-state index in [0.717, 1.165) is 75.5 Å². The minimum Gasteiger partial charge on any atom is -0.494 e. The van der Waals surface area contributed by atoms with Gasteiger partial charge in [0.25, 0.3) is 0 Å². The number of carbonyl (C=O) groups is 2. The summed E-state index contributed by atoms with van der Waals surface area (Å²) in [5.41, 5.74) is 4.18. The zero-order valence-corrected chi connectivity index (χ0v) is 27.3. The van der Waals surface area contributed by atoms with Crippen molar-refractivity contribution in [1.82, 2.24) is 24.8 Å². The number of nitrogens with one attached hydrogen (secondary N) is 2. The number of hydroxylamine groups is 1. The SMILES string of the molecule is C=CC(=O)Nc1cc(Nc2cc(N3OCC[C@@H]3c3ccc(C)nc3)ncn2)c(OC)cc1N1CCC(N2CCN(C(C)=O)CC2)CC1. The second-order valence-corrected chi connectivity index (χ2v) is 12.1. The van der Waals surface area contributed by atoms with Crippen LogP contribution in [0.15, 0.2) is 55.5 Å². The number of carbonyl (C=O) groups excluding carboxylic acids is 2. The van der Waals surface area contributed by atoms with Crippen LogP contribution < -0.4 is 25.3 Å². The van der Waals surface area contributed by atoms with Crippen molar-refractivity contribution >= 4 is 40.5 Å². The number of pyridine rings is 1. The first kappa shape index (κ1) is 32.2. The molecule has 13 heteroatoms. The molecule has 3 aliphatic rings. The Morgan fingerprint density at radius 1 is 1.00 bits per heavy atom. The number of hydrogen-bond acceptors (Lipinski definition) is 11. The lowest BCUT2D eigenvalue weighted by atomic mass is 10.0. The van der Waals surface area contributed by atoms with Crippen molar-refractivity contribution in [2.45, 2.75) is 45.2 Å². The van der Waals surface area contributed by atoms with Gasteiger partial charge >= 0.3 is 0 Å². The number of methoxy groups -OCH3 is 1. The van der Waals surface area contributed by atoms with Crippen LogP contribution in [0.2, 0.25) is 0 Å². The zero-order valence-electron chi connectivity index (χ0n) is 27.3. The summed E-state index contributed by atoms with van der Waals surface area (Å²) in [5, 5.41) is 8.18. The van der Waals surface area contributed by atoms with Gasteiger partial charge < -0.3 is 25.2 Å². The maximum atomic E-state index is 12.6. The van der Waals surface area contributed by atoms with Crippen molar-refractivity contribution in [2.75, 3.05) is 73.6 Å². The molecule has 2 N–H and O–H groups in total. The summed E-state index contributed by atoms with van der Waals surface area (Å²) in [4.78, 5) is 50.4. The molecule has 0 radical (unpaired) electrons. The third kappa shape index (κ3) is 7.31. The van der Waals surface area contributed by atoms with Crippen LogP contribution in [0.3, 0.4) is 0 Å². The number of piperidine rings is 1. The fourth-order valence-electron chi connectivity index (χ4n) is 6.60. The zero-order chi connectivity index (χ0) is 32.9. The van der Waals surface area contributed by atoms with Gasteiger partial charge in [-0.3, -0.25) is 24.3 Å².